The minimum atomic E-state index is -1.21. The summed E-state index contributed by atoms with van der Waals surface area (Å²) in [5, 5.41) is 22.0. The Hall–Kier alpha value is -2.20. The van der Waals surface area contributed by atoms with Crippen LogP contribution in [0.3, 0.4) is 0 Å². The zero-order valence-corrected chi connectivity index (χ0v) is 25.9. The molecule has 2 aliphatic heterocycles. The van der Waals surface area contributed by atoms with E-state index >= 15 is 0 Å². The molecule has 0 unspecified atom stereocenters. The topological polar surface area (TPSA) is 164 Å². The first-order chi connectivity index (χ1) is 18.0. The summed E-state index contributed by atoms with van der Waals surface area (Å²) in [7, 11) is 0. The molecule has 3 aliphatic rings. The van der Waals surface area contributed by atoms with E-state index in [0.29, 0.717) is 12.8 Å². The molecular formula is C30H53N4O6+. The van der Waals surface area contributed by atoms with E-state index in [1.54, 1.807) is 27.7 Å². The molecule has 3 fully saturated rings. The quantitative estimate of drug-likeness (QED) is 0.338. The van der Waals surface area contributed by atoms with E-state index in [2.05, 4.69) is 32.6 Å². The van der Waals surface area contributed by atoms with Gasteiger partial charge in [-0.15, -0.1) is 0 Å². The number of rotatable bonds is 7. The van der Waals surface area contributed by atoms with Gasteiger partial charge < -0.3 is 21.7 Å². The predicted octanol–water partition coefficient (Wildman–Crippen LogP) is 4.09. The molecule has 3 amide bonds. The SMILES string of the molecule is CC1(C)CC(C2(C3(C(=O)O)CC(C)(C)[N+](CC(N)=O)(C(=O)O)C(C)(C)C3)CCCCC2)CC(C)(C)N1CC(N)=O. The number of carbonyl (C=O) groups excluding carboxylic acids is 2. The molecule has 1 aliphatic carbocycles. The average Bonchev–Trinajstić information content (AvgIpc) is 2.77. The molecule has 1 saturated carbocycles. The number of hydrogen-bond acceptors (Lipinski definition) is 5. The second kappa shape index (κ2) is 9.96. The minimum absolute atomic E-state index is 0.0330. The minimum Gasteiger partial charge on any atom is -0.481 e. The number of hydrogen-bond donors (Lipinski definition) is 4. The largest absolute Gasteiger partial charge is 0.514 e. The van der Waals surface area contributed by atoms with Gasteiger partial charge in [-0.25, -0.2) is 4.48 Å². The van der Waals surface area contributed by atoms with Crippen LogP contribution in [0, 0.1) is 16.7 Å². The second-order valence-electron chi connectivity index (χ2n) is 15.6. The Bertz CT molecular complexity index is 1020. The Morgan fingerprint density at radius 3 is 1.57 bits per heavy atom. The van der Waals surface area contributed by atoms with Gasteiger partial charge in [0.2, 0.25) is 5.91 Å². The maximum absolute atomic E-state index is 13.8. The van der Waals surface area contributed by atoms with Gasteiger partial charge in [0, 0.05) is 23.9 Å². The lowest BCUT2D eigenvalue weighted by molar-refractivity contribution is -0.952. The number of nitrogens with two attached hydrogens (primary N) is 2. The fourth-order valence-corrected chi connectivity index (χ4v) is 10.3. The standard InChI is InChI=1S/C30H52N4O6/c1-25(2)14-20(15-26(3,4)33(25)16-21(31)35)29(12-10-9-11-13-29)30(23(37)38)18-27(5,6)34(24(39)40,17-22(32)36)28(7,8)19-30/h20H,9-19H2,1-8H3,(H5-,31,32,35,36,37,38,39,40)/p+1. The first-order valence-electron chi connectivity index (χ1n) is 14.7. The number of likely N-dealkylation sites (tertiary alicyclic amines) is 2. The van der Waals surface area contributed by atoms with E-state index < -0.39 is 62.0 Å². The molecule has 228 valence electrons. The van der Waals surface area contributed by atoms with Gasteiger partial charge in [-0.3, -0.25) is 19.3 Å². The molecule has 2 saturated heterocycles. The third kappa shape index (κ3) is 4.72. The summed E-state index contributed by atoms with van der Waals surface area (Å²) in [5.74, 6) is -1.95. The Balaban J connectivity index is 2.26. The van der Waals surface area contributed by atoms with Crippen LogP contribution in [0.4, 0.5) is 4.79 Å². The molecule has 10 nitrogen and oxygen atoms in total. The van der Waals surface area contributed by atoms with Crippen molar-refractivity contribution in [3.8, 4) is 0 Å². The Morgan fingerprint density at radius 1 is 0.775 bits per heavy atom. The molecule has 0 aromatic rings. The molecule has 3 rings (SSSR count). The van der Waals surface area contributed by atoms with Crippen LogP contribution in [0.25, 0.3) is 0 Å². The summed E-state index contributed by atoms with van der Waals surface area (Å²) in [6.45, 7) is 15.4. The molecule has 0 aromatic heterocycles. The fraction of sp³-hybridized carbons (Fsp3) is 0.867. The molecule has 0 bridgehead atoms. The summed E-state index contributed by atoms with van der Waals surface area (Å²) in [6, 6.07) is 0. The number of amides is 3. The lowest BCUT2D eigenvalue weighted by Crippen LogP contribution is -2.81. The van der Waals surface area contributed by atoms with Crippen LogP contribution in [-0.4, -0.2) is 78.7 Å². The zero-order chi connectivity index (χ0) is 30.7. The van der Waals surface area contributed by atoms with Gasteiger partial charge in [0.15, 0.2) is 6.54 Å². The van der Waals surface area contributed by atoms with E-state index in [1.807, 2.05) is 0 Å². The molecule has 10 heteroatoms. The van der Waals surface area contributed by atoms with Crippen LogP contribution in [0.5, 0.6) is 0 Å². The van der Waals surface area contributed by atoms with Crippen molar-refractivity contribution in [2.75, 3.05) is 13.1 Å². The Kier molecular flexibility index (Phi) is 8.05. The molecular weight excluding hydrogens is 512 g/mol. The lowest BCUT2D eigenvalue weighted by atomic mass is 9.42. The van der Waals surface area contributed by atoms with Crippen LogP contribution in [-0.2, 0) is 14.4 Å². The average molecular weight is 566 g/mol. The number of carbonyl (C=O) groups is 4. The Labute approximate surface area is 239 Å². The monoisotopic (exact) mass is 565 g/mol. The van der Waals surface area contributed by atoms with E-state index in [0.717, 1.165) is 32.1 Å². The number of aliphatic carboxylic acids is 1. The van der Waals surface area contributed by atoms with Crippen LogP contribution in [0.2, 0.25) is 0 Å². The smallest absolute Gasteiger partial charge is 0.481 e. The number of primary amides is 2. The molecule has 0 aromatic carbocycles. The number of quaternary nitrogens is 1. The summed E-state index contributed by atoms with van der Waals surface area (Å²) in [4.78, 5) is 53.4. The van der Waals surface area contributed by atoms with Crippen molar-refractivity contribution in [1.82, 2.24) is 4.90 Å². The van der Waals surface area contributed by atoms with Crippen LogP contribution < -0.4 is 11.5 Å². The highest BCUT2D eigenvalue weighted by Gasteiger charge is 2.75. The van der Waals surface area contributed by atoms with Gasteiger partial charge >= 0.3 is 12.1 Å². The van der Waals surface area contributed by atoms with E-state index in [-0.39, 0.29) is 31.2 Å². The van der Waals surface area contributed by atoms with Gasteiger partial charge in [-0.05, 0) is 92.4 Å². The van der Waals surface area contributed by atoms with Crippen LogP contribution in [0.15, 0.2) is 0 Å². The first kappa shape index (κ1) is 32.3. The van der Waals surface area contributed by atoms with E-state index in [1.165, 1.54) is 0 Å². The highest BCUT2D eigenvalue weighted by Crippen LogP contribution is 2.68. The lowest BCUT2D eigenvalue weighted by Gasteiger charge is -2.68. The molecule has 0 spiro atoms. The highest BCUT2D eigenvalue weighted by molar-refractivity contribution is 5.79. The van der Waals surface area contributed by atoms with Crippen molar-refractivity contribution in [2.24, 2.45) is 28.2 Å². The van der Waals surface area contributed by atoms with Gasteiger partial charge in [0.05, 0.1) is 12.0 Å². The molecule has 6 N–H and O–H groups in total. The number of piperidine rings is 2. The Morgan fingerprint density at radius 2 is 1.23 bits per heavy atom. The maximum Gasteiger partial charge on any atom is 0.514 e. The van der Waals surface area contributed by atoms with Crippen molar-refractivity contribution >= 4 is 23.9 Å². The zero-order valence-electron chi connectivity index (χ0n) is 25.9. The third-order valence-electron chi connectivity index (χ3n) is 11.4. The van der Waals surface area contributed by atoms with Crippen molar-refractivity contribution in [1.29, 1.82) is 0 Å². The van der Waals surface area contributed by atoms with E-state index in [4.69, 9.17) is 11.5 Å². The third-order valence-corrected chi connectivity index (χ3v) is 11.4. The number of carboxylic acids is 1. The van der Waals surface area contributed by atoms with Crippen molar-refractivity contribution < 1.29 is 33.9 Å². The second-order valence-corrected chi connectivity index (χ2v) is 15.6. The fourth-order valence-electron chi connectivity index (χ4n) is 10.3. The summed E-state index contributed by atoms with van der Waals surface area (Å²) in [5.41, 5.74) is 6.50. The summed E-state index contributed by atoms with van der Waals surface area (Å²) < 4.78 is -0.603. The number of carboxylic acid groups (broad SMARTS) is 2. The normalized spacial score (nSPS) is 33.1. The van der Waals surface area contributed by atoms with E-state index in [9.17, 15) is 29.4 Å². The molecule has 2 heterocycles. The van der Waals surface area contributed by atoms with Crippen molar-refractivity contribution in [3.63, 3.8) is 0 Å². The maximum atomic E-state index is 13.8. The van der Waals surface area contributed by atoms with Gasteiger partial charge in [-0.2, -0.15) is 4.79 Å². The summed E-state index contributed by atoms with van der Waals surface area (Å²) in [6.07, 6.45) is 4.88. The first-order valence-corrected chi connectivity index (χ1v) is 14.7. The van der Waals surface area contributed by atoms with Gasteiger partial charge in [-0.1, -0.05) is 19.3 Å². The number of nitrogens with zero attached hydrogens (tertiary/aromatic N) is 2. The molecule has 0 atom stereocenters. The highest BCUT2D eigenvalue weighted by atomic mass is 16.4. The predicted molar refractivity (Wildman–Crippen MR) is 152 cm³/mol. The van der Waals surface area contributed by atoms with Gasteiger partial charge in [0.25, 0.3) is 5.91 Å². The van der Waals surface area contributed by atoms with Crippen molar-refractivity contribution in [3.05, 3.63) is 0 Å². The van der Waals surface area contributed by atoms with Crippen LogP contribution >= 0.6 is 0 Å². The summed E-state index contributed by atoms with van der Waals surface area (Å²) >= 11 is 0. The van der Waals surface area contributed by atoms with Crippen LogP contribution in [0.1, 0.15) is 113 Å². The molecule has 0 radical (unpaired) electrons. The van der Waals surface area contributed by atoms with Crippen molar-refractivity contribution in [2.45, 2.75) is 135 Å². The molecule has 40 heavy (non-hydrogen) atoms. The van der Waals surface area contributed by atoms with Gasteiger partial charge in [0.1, 0.15) is 11.1 Å².